The van der Waals surface area contributed by atoms with Crippen LogP contribution in [0.3, 0.4) is 0 Å². The molecular formula is C16H27N3. The topological polar surface area (TPSA) is 37.0 Å². The number of anilines is 2. The highest BCUT2D eigenvalue weighted by atomic mass is 15.0. The predicted octanol–water partition coefficient (Wildman–Crippen LogP) is 4.28. The van der Waals surface area contributed by atoms with Crippen LogP contribution in [-0.2, 0) is 0 Å². The van der Waals surface area contributed by atoms with Crippen molar-refractivity contribution in [3.63, 3.8) is 0 Å². The molecule has 0 radical (unpaired) electrons. The van der Waals surface area contributed by atoms with Gasteiger partial charge in [0.05, 0.1) is 23.8 Å². The molecule has 0 aromatic carbocycles. The van der Waals surface area contributed by atoms with Gasteiger partial charge in [0.15, 0.2) is 0 Å². The number of rotatable bonds is 5. The van der Waals surface area contributed by atoms with E-state index in [0.29, 0.717) is 11.5 Å². The van der Waals surface area contributed by atoms with Crippen molar-refractivity contribution in [2.24, 2.45) is 5.41 Å². The van der Waals surface area contributed by atoms with Crippen LogP contribution in [0.5, 0.6) is 0 Å². The summed E-state index contributed by atoms with van der Waals surface area (Å²) in [5.74, 6) is 0. The maximum Gasteiger partial charge on any atom is 0.0549 e. The van der Waals surface area contributed by atoms with Gasteiger partial charge in [0.1, 0.15) is 0 Å². The van der Waals surface area contributed by atoms with Crippen LogP contribution in [0.1, 0.15) is 52.9 Å². The van der Waals surface area contributed by atoms with Crippen molar-refractivity contribution >= 4 is 11.4 Å². The van der Waals surface area contributed by atoms with Crippen molar-refractivity contribution < 1.29 is 0 Å². The molecule has 0 saturated heterocycles. The van der Waals surface area contributed by atoms with Gasteiger partial charge < -0.3 is 10.6 Å². The van der Waals surface area contributed by atoms with Gasteiger partial charge >= 0.3 is 0 Å². The zero-order chi connectivity index (χ0) is 13.7. The summed E-state index contributed by atoms with van der Waals surface area (Å²) in [6, 6.07) is 2.73. The summed E-state index contributed by atoms with van der Waals surface area (Å²) < 4.78 is 0. The summed E-state index contributed by atoms with van der Waals surface area (Å²) in [5.41, 5.74) is 2.63. The van der Waals surface area contributed by atoms with E-state index in [9.17, 15) is 0 Å². The molecule has 0 bridgehead atoms. The lowest BCUT2D eigenvalue weighted by atomic mass is 9.73. The third-order valence-electron chi connectivity index (χ3n) is 4.17. The van der Waals surface area contributed by atoms with Crippen LogP contribution < -0.4 is 10.6 Å². The molecule has 1 saturated carbocycles. The highest BCUT2D eigenvalue weighted by molar-refractivity contribution is 5.54. The summed E-state index contributed by atoms with van der Waals surface area (Å²) in [5, 5.41) is 7.08. The molecular weight excluding hydrogens is 234 g/mol. The summed E-state index contributed by atoms with van der Waals surface area (Å²) in [6.45, 7) is 7.92. The molecule has 2 N–H and O–H groups in total. The lowest BCUT2D eigenvalue weighted by Gasteiger charge is -2.39. The third kappa shape index (κ3) is 3.85. The average Bonchev–Trinajstić information content (AvgIpc) is 2.39. The molecule has 0 aliphatic heterocycles. The van der Waals surface area contributed by atoms with Gasteiger partial charge in [0.25, 0.3) is 0 Å². The number of aromatic nitrogens is 1. The standard InChI is InChI=1S/C16H27N3/c1-4-9-18-13-10-14(12-17-11-13)19-15-7-5-6-8-16(15,2)3/h10-12,15,18-19H,4-9H2,1-3H3. The first-order valence-corrected chi connectivity index (χ1v) is 7.57. The predicted molar refractivity (Wildman–Crippen MR) is 82.7 cm³/mol. The molecule has 1 unspecified atom stereocenters. The fourth-order valence-electron chi connectivity index (χ4n) is 2.85. The number of pyridine rings is 1. The van der Waals surface area contributed by atoms with E-state index in [2.05, 4.69) is 42.5 Å². The summed E-state index contributed by atoms with van der Waals surface area (Å²) in [4.78, 5) is 4.33. The van der Waals surface area contributed by atoms with Crippen LogP contribution in [0, 0.1) is 5.41 Å². The van der Waals surface area contributed by atoms with E-state index in [-0.39, 0.29) is 0 Å². The largest absolute Gasteiger partial charge is 0.384 e. The van der Waals surface area contributed by atoms with Crippen molar-refractivity contribution in [1.29, 1.82) is 0 Å². The van der Waals surface area contributed by atoms with E-state index >= 15 is 0 Å². The number of hydrogen-bond donors (Lipinski definition) is 2. The van der Waals surface area contributed by atoms with Crippen molar-refractivity contribution in [2.75, 3.05) is 17.2 Å². The Morgan fingerprint density at radius 2 is 2.05 bits per heavy atom. The van der Waals surface area contributed by atoms with E-state index in [1.807, 2.05) is 12.4 Å². The van der Waals surface area contributed by atoms with Gasteiger partial charge in [-0.25, -0.2) is 0 Å². The second kappa shape index (κ2) is 6.27. The highest BCUT2D eigenvalue weighted by Crippen LogP contribution is 2.37. The Bertz CT molecular complexity index is 401. The van der Waals surface area contributed by atoms with Crippen molar-refractivity contribution in [3.05, 3.63) is 18.5 Å². The Morgan fingerprint density at radius 3 is 2.79 bits per heavy atom. The monoisotopic (exact) mass is 261 g/mol. The molecule has 19 heavy (non-hydrogen) atoms. The van der Waals surface area contributed by atoms with Crippen molar-refractivity contribution in [2.45, 2.75) is 58.9 Å². The zero-order valence-electron chi connectivity index (χ0n) is 12.5. The molecule has 106 valence electrons. The molecule has 1 aromatic heterocycles. The maximum absolute atomic E-state index is 4.33. The first-order valence-electron chi connectivity index (χ1n) is 7.57. The van der Waals surface area contributed by atoms with E-state index in [0.717, 1.165) is 24.3 Å². The Labute approximate surface area is 117 Å². The second-order valence-electron chi connectivity index (χ2n) is 6.32. The van der Waals surface area contributed by atoms with E-state index in [1.54, 1.807) is 0 Å². The molecule has 3 heteroatoms. The molecule has 1 aliphatic carbocycles. The third-order valence-corrected chi connectivity index (χ3v) is 4.17. The molecule has 1 aromatic rings. The molecule has 3 nitrogen and oxygen atoms in total. The van der Waals surface area contributed by atoms with Crippen molar-refractivity contribution in [1.82, 2.24) is 4.98 Å². The summed E-state index contributed by atoms with van der Waals surface area (Å²) in [7, 11) is 0. The average molecular weight is 261 g/mol. The molecule has 0 spiro atoms. The Kier molecular flexibility index (Phi) is 4.67. The van der Waals surface area contributed by atoms with E-state index in [1.165, 1.54) is 25.7 Å². The van der Waals surface area contributed by atoms with Gasteiger partial charge in [-0.05, 0) is 30.7 Å². The molecule has 0 amide bonds. The quantitative estimate of drug-likeness (QED) is 0.830. The van der Waals surface area contributed by atoms with Crippen LogP contribution in [0.2, 0.25) is 0 Å². The van der Waals surface area contributed by atoms with Crippen molar-refractivity contribution in [3.8, 4) is 0 Å². The second-order valence-corrected chi connectivity index (χ2v) is 6.32. The fourth-order valence-corrected chi connectivity index (χ4v) is 2.85. The van der Waals surface area contributed by atoms with E-state index in [4.69, 9.17) is 0 Å². The molecule has 2 rings (SSSR count). The fraction of sp³-hybridized carbons (Fsp3) is 0.688. The minimum Gasteiger partial charge on any atom is -0.384 e. The van der Waals surface area contributed by atoms with Crippen LogP contribution in [0.25, 0.3) is 0 Å². The SMILES string of the molecule is CCCNc1cncc(NC2CCCCC2(C)C)c1. The van der Waals surface area contributed by atoms with Gasteiger partial charge in [0, 0.05) is 12.6 Å². The smallest absolute Gasteiger partial charge is 0.0549 e. The number of nitrogens with zero attached hydrogens (tertiary/aromatic N) is 1. The minimum absolute atomic E-state index is 0.380. The van der Waals surface area contributed by atoms with Crippen LogP contribution in [-0.4, -0.2) is 17.6 Å². The first-order chi connectivity index (χ1) is 9.12. The highest BCUT2D eigenvalue weighted by Gasteiger charge is 2.31. The maximum atomic E-state index is 4.33. The summed E-state index contributed by atoms with van der Waals surface area (Å²) in [6.07, 6.45) is 10.2. The lowest BCUT2D eigenvalue weighted by molar-refractivity contribution is 0.217. The Balaban J connectivity index is 2.01. The van der Waals surface area contributed by atoms with Gasteiger partial charge in [-0.3, -0.25) is 4.98 Å². The number of hydrogen-bond acceptors (Lipinski definition) is 3. The minimum atomic E-state index is 0.380. The molecule has 1 heterocycles. The van der Waals surface area contributed by atoms with Crippen LogP contribution >= 0.6 is 0 Å². The first kappa shape index (κ1) is 14.2. The number of nitrogens with one attached hydrogen (secondary N) is 2. The van der Waals surface area contributed by atoms with E-state index < -0.39 is 0 Å². The molecule has 1 fully saturated rings. The van der Waals surface area contributed by atoms with Gasteiger partial charge in [0.2, 0.25) is 0 Å². The van der Waals surface area contributed by atoms with Crippen LogP contribution in [0.4, 0.5) is 11.4 Å². The van der Waals surface area contributed by atoms with Gasteiger partial charge in [-0.1, -0.05) is 33.6 Å². The summed E-state index contributed by atoms with van der Waals surface area (Å²) >= 11 is 0. The molecule has 1 atom stereocenters. The Morgan fingerprint density at radius 1 is 1.26 bits per heavy atom. The van der Waals surface area contributed by atoms with Gasteiger partial charge in [-0.2, -0.15) is 0 Å². The van der Waals surface area contributed by atoms with Gasteiger partial charge in [-0.15, -0.1) is 0 Å². The molecule has 1 aliphatic rings. The normalized spacial score (nSPS) is 21.9. The lowest BCUT2D eigenvalue weighted by Crippen LogP contribution is -2.38. The Hall–Kier alpha value is -1.25. The van der Waals surface area contributed by atoms with Crippen LogP contribution in [0.15, 0.2) is 18.5 Å². The zero-order valence-corrected chi connectivity index (χ0v) is 12.5.